The van der Waals surface area contributed by atoms with E-state index in [4.69, 9.17) is 18.5 Å². The molecule has 0 N–H and O–H groups in total. The number of hydrogen-bond acceptors (Lipinski definition) is 7. The Bertz CT molecular complexity index is 346. The number of rotatable bonds is 10. The molecule has 1 unspecified atom stereocenters. The average molecular weight is 310 g/mol. The van der Waals surface area contributed by atoms with Crippen LogP contribution in [0.1, 0.15) is 34.1 Å². The van der Waals surface area contributed by atoms with Crippen molar-refractivity contribution >= 4 is 19.5 Å². The van der Waals surface area contributed by atoms with Gasteiger partial charge in [0.2, 0.25) is 0 Å². The van der Waals surface area contributed by atoms with E-state index in [1.165, 1.54) is 0 Å². The van der Waals surface area contributed by atoms with Crippen LogP contribution in [0.2, 0.25) is 0 Å². The summed E-state index contributed by atoms with van der Waals surface area (Å²) in [7, 11) is -3.51. The van der Waals surface area contributed by atoms with E-state index in [9.17, 15) is 14.2 Å². The van der Waals surface area contributed by atoms with Crippen molar-refractivity contribution in [1.29, 1.82) is 0 Å². The van der Waals surface area contributed by atoms with Gasteiger partial charge in [0.25, 0.3) is 0 Å². The largest absolute Gasteiger partial charge is 0.463 e. The van der Waals surface area contributed by atoms with Crippen molar-refractivity contribution in [1.82, 2.24) is 0 Å². The smallest absolute Gasteiger partial charge is 0.347 e. The van der Waals surface area contributed by atoms with Crippen molar-refractivity contribution in [3.05, 3.63) is 0 Å². The fourth-order valence-electron chi connectivity index (χ4n) is 1.41. The van der Waals surface area contributed by atoms with E-state index in [2.05, 4.69) is 0 Å². The second-order valence-corrected chi connectivity index (χ2v) is 5.80. The van der Waals surface area contributed by atoms with Gasteiger partial charge in [-0.3, -0.25) is 9.36 Å². The van der Waals surface area contributed by atoms with Crippen molar-refractivity contribution in [2.45, 2.75) is 40.2 Å². The third-order valence-electron chi connectivity index (χ3n) is 2.17. The van der Waals surface area contributed by atoms with Crippen LogP contribution in [0.4, 0.5) is 0 Å². The first-order valence-corrected chi connectivity index (χ1v) is 8.39. The molecule has 0 radical (unpaired) electrons. The second-order valence-electron chi connectivity index (χ2n) is 3.74. The Morgan fingerprint density at radius 2 is 1.55 bits per heavy atom. The minimum absolute atomic E-state index is 0.152. The van der Waals surface area contributed by atoms with Gasteiger partial charge < -0.3 is 18.5 Å². The average Bonchev–Trinajstić information content (AvgIpc) is 2.36. The van der Waals surface area contributed by atoms with E-state index in [0.717, 1.165) is 0 Å². The summed E-state index contributed by atoms with van der Waals surface area (Å²) < 4.78 is 31.8. The normalized spacial score (nSPS) is 12.8. The monoisotopic (exact) mass is 310 g/mol. The Hall–Kier alpha value is -0.910. The third-order valence-corrected chi connectivity index (χ3v) is 4.12. The van der Waals surface area contributed by atoms with Gasteiger partial charge in [-0.05, 0) is 27.2 Å². The van der Waals surface area contributed by atoms with Crippen molar-refractivity contribution in [3.63, 3.8) is 0 Å². The van der Waals surface area contributed by atoms with Crippen LogP contribution in [0, 0.1) is 0 Å². The van der Waals surface area contributed by atoms with Gasteiger partial charge in [0.1, 0.15) is 6.16 Å². The molecule has 0 aromatic heterocycles. The summed E-state index contributed by atoms with van der Waals surface area (Å²) in [5.41, 5.74) is 0. The molecule has 0 aromatic rings. The molecule has 0 aliphatic heterocycles. The molecule has 0 aliphatic carbocycles. The number of hydrogen-bond donors (Lipinski definition) is 0. The highest BCUT2D eigenvalue weighted by Gasteiger charge is 2.31. The zero-order chi connectivity index (χ0) is 15.6. The van der Waals surface area contributed by atoms with Crippen LogP contribution in [0.25, 0.3) is 0 Å². The van der Waals surface area contributed by atoms with Crippen molar-refractivity contribution in [2.24, 2.45) is 0 Å². The molecule has 0 bridgehead atoms. The number of esters is 2. The van der Waals surface area contributed by atoms with Gasteiger partial charge >= 0.3 is 19.5 Å². The van der Waals surface area contributed by atoms with Crippen molar-refractivity contribution < 1.29 is 32.7 Å². The summed E-state index contributed by atoms with van der Waals surface area (Å²) in [6.45, 7) is 7.13. The summed E-state index contributed by atoms with van der Waals surface area (Å²) in [5.74, 6) is -1.43. The Balaban J connectivity index is 4.57. The topological polar surface area (TPSA) is 88.1 Å². The SMILES string of the molecule is CCOC(=O)C(CC)OC(=O)CP(=O)(OCC)OCC. The lowest BCUT2D eigenvalue weighted by molar-refractivity contribution is -0.166. The van der Waals surface area contributed by atoms with Crippen LogP contribution in [0.3, 0.4) is 0 Å². The highest BCUT2D eigenvalue weighted by molar-refractivity contribution is 7.54. The van der Waals surface area contributed by atoms with Gasteiger partial charge in [-0.25, -0.2) is 4.79 Å². The molecule has 0 saturated heterocycles. The van der Waals surface area contributed by atoms with E-state index in [0.29, 0.717) is 0 Å². The molecular weight excluding hydrogens is 287 g/mol. The van der Waals surface area contributed by atoms with E-state index in [1.807, 2.05) is 0 Å². The Morgan fingerprint density at radius 3 is 1.95 bits per heavy atom. The summed E-state index contributed by atoms with van der Waals surface area (Å²) in [6.07, 6.45) is -1.25. The maximum absolute atomic E-state index is 12.1. The molecule has 0 spiro atoms. The van der Waals surface area contributed by atoms with Crippen molar-refractivity contribution in [2.75, 3.05) is 26.0 Å². The highest BCUT2D eigenvalue weighted by atomic mass is 31.2. The quantitative estimate of drug-likeness (QED) is 0.451. The highest BCUT2D eigenvalue weighted by Crippen LogP contribution is 2.47. The lowest BCUT2D eigenvalue weighted by atomic mass is 10.3. The summed E-state index contributed by atoms with van der Waals surface area (Å²) in [5, 5.41) is 0. The second kappa shape index (κ2) is 9.91. The summed E-state index contributed by atoms with van der Waals surface area (Å²) in [6, 6.07) is 0. The molecule has 0 aromatic carbocycles. The zero-order valence-electron chi connectivity index (χ0n) is 12.4. The molecule has 7 nitrogen and oxygen atoms in total. The van der Waals surface area contributed by atoms with Crippen LogP contribution < -0.4 is 0 Å². The predicted molar refractivity (Wildman–Crippen MR) is 72.5 cm³/mol. The minimum Gasteiger partial charge on any atom is -0.463 e. The van der Waals surface area contributed by atoms with Gasteiger partial charge in [-0.2, -0.15) is 0 Å². The van der Waals surface area contributed by atoms with E-state index in [1.54, 1.807) is 27.7 Å². The molecule has 0 aliphatic rings. The standard InChI is InChI=1S/C12H23O7P/c1-5-10(12(14)16-6-2)19-11(13)9-20(15,17-7-3)18-8-4/h10H,5-9H2,1-4H3. The predicted octanol–water partition coefficient (Wildman–Crippen LogP) is 2.14. The molecule has 1 atom stereocenters. The maximum atomic E-state index is 12.1. The molecule has 0 saturated carbocycles. The fourth-order valence-corrected chi connectivity index (χ4v) is 2.84. The Kier molecular flexibility index (Phi) is 9.46. The van der Waals surface area contributed by atoms with Crippen LogP contribution in [0.5, 0.6) is 0 Å². The molecule has 0 rings (SSSR count). The lowest BCUT2D eigenvalue weighted by Crippen LogP contribution is -2.30. The van der Waals surface area contributed by atoms with E-state index < -0.39 is 31.8 Å². The van der Waals surface area contributed by atoms with Crippen molar-refractivity contribution in [3.8, 4) is 0 Å². The van der Waals surface area contributed by atoms with Crippen LogP contribution in [-0.4, -0.2) is 44.0 Å². The van der Waals surface area contributed by atoms with E-state index in [-0.39, 0.29) is 26.2 Å². The summed E-state index contributed by atoms with van der Waals surface area (Å²) >= 11 is 0. The maximum Gasteiger partial charge on any atom is 0.347 e. The molecule has 118 valence electrons. The first-order valence-electron chi connectivity index (χ1n) is 6.66. The van der Waals surface area contributed by atoms with Gasteiger partial charge in [0, 0.05) is 0 Å². The van der Waals surface area contributed by atoms with Crippen LogP contribution in [0.15, 0.2) is 0 Å². The molecule has 0 heterocycles. The fraction of sp³-hybridized carbons (Fsp3) is 0.833. The van der Waals surface area contributed by atoms with Gasteiger partial charge in [0.15, 0.2) is 6.10 Å². The van der Waals surface area contributed by atoms with Gasteiger partial charge in [-0.15, -0.1) is 0 Å². The first kappa shape index (κ1) is 19.1. The first-order chi connectivity index (χ1) is 9.42. The molecule has 0 amide bonds. The number of carbonyl (C=O) groups excluding carboxylic acids is 2. The van der Waals surface area contributed by atoms with Gasteiger partial charge in [-0.1, -0.05) is 6.92 Å². The third kappa shape index (κ3) is 7.03. The van der Waals surface area contributed by atoms with Crippen LogP contribution >= 0.6 is 7.60 Å². The van der Waals surface area contributed by atoms with E-state index >= 15 is 0 Å². The number of ether oxygens (including phenoxy) is 2. The molecule has 0 fully saturated rings. The number of carbonyl (C=O) groups is 2. The molecular formula is C12H23O7P. The zero-order valence-corrected chi connectivity index (χ0v) is 13.3. The Labute approximate surface area is 119 Å². The Morgan fingerprint density at radius 1 is 1.00 bits per heavy atom. The molecule has 20 heavy (non-hydrogen) atoms. The minimum atomic E-state index is -3.51. The van der Waals surface area contributed by atoms with Crippen LogP contribution in [-0.2, 0) is 32.7 Å². The summed E-state index contributed by atoms with van der Waals surface area (Å²) in [4.78, 5) is 23.2. The lowest BCUT2D eigenvalue weighted by Gasteiger charge is -2.18. The van der Waals surface area contributed by atoms with Gasteiger partial charge in [0.05, 0.1) is 19.8 Å². The molecule has 8 heteroatoms.